The summed E-state index contributed by atoms with van der Waals surface area (Å²) in [6.45, 7) is 4.53. The van der Waals surface area contributed by atoms with Gasteiger partial charge in [0.1, 0.15) is 0 Å². The van der Waals surface area contributed by atoms with E-state index in [1.54, 1.807) is 0 Å². The van der Waals surface area contributed by atoms with Crippen LogP contribution in [-0.2, 0) is 0 Å². The maximum absolute atomic E-state index is 2.35. The highest BCUT2D eigenvalue weighted by atomic mass is 13.9. The van der Waals surface area contributed by atoms with Crippen LogP contribution in [0.25, 0.3) is 0 Å². The lowest BCUT2D eigenvalue weighted by molar-refractivity contribution is 0.637. The Hall–Kier alpha value is -0.520. The van der Waals surface area contributed by atoms with Crippen LogP contribution in [0.15, 0.2) is 24.3 Å². The number of unbranched alkanes of at least 4 members (excludes halogenated alkanes) is 8. The predicted octanol–water partition coefficient (Wildman–Crippen LogP) is 6.43. The number of hydrogen-bond acceptors (Lipinski definition) is 0. The molecule has 0 amide bonds. The first kappa shape index (κ1) is 16.5. The minimum absolute atomic E-state index is 1.13. The van der Waals surface area contributed by atoms with Crippen molar-refractivity contribution in [2.24, 2.45) is 0 Å². The Bertz CT molecular complexity index is 176. The van der Waals surface area contributed by atoms with Gasteiger partial charge in [-0.25, -0.2) is 0 Å². The summed E-state index contributed by atoms with van der Waals surface area (Å²) in [5.74, 6) is 0. The summed E-state index contributed by atoms with van der Waals surface area (Å²) in [4.78, 5) is 0. The summed E-state index contributed by atoms with van der Waals surface area (Å²) < 4.78 is 0. The second-order valence-electron chi connectivity index (χ2n) is 4.88. The summed E-state index contributed by atoms with van der Waals surface area (Å²) in [6.07, 6.45) is 24.0. The molecule has 0 fully saturated rings. The van der Waals surface area contributed by atoms with E-state index in [0.29, 0.717) is 0 Å². The number of rotatable bonds is 12. The molecule has 0 aliphatic carbocycles. The molecule has 0 saturated heterocycles. The van der Waals surface area contributed by atoms with Crippen molar-refractivity contribution in [3.63, 3.8) is 0 Å². The van der Waals surface area contributed by atoms with E-state index >= 15 is 0 Å². The van der Waals surface area contributed by atoms with E-state index in [1.807, 2.05) is 0 Å². The Kier molecular flexibility index (Phi) is 15.0. The molecule has 0 heteroatoms. The van der Waals surface area contributed by atoms with E-state index in [4.69, 9.17) is 0 Å². The van der Waals surface area contributed by atoms with Crippen molar-refractivity contribution in [3.05, 3.63) is 24.3 Å². The van der Waals surface area contributed by atoms with Crippen LogP contribution in [0.3, 0.4) is 0 Å². The molecule has 0 saturated carbocycles. The predicted molar refractivity (Wildman–Crippen MR) is 80.4 cm³/mol. The highest BCUT2D eigenvalue weighted by molar-refractivity contribution is 4.92. The second kappa shape index (κ2) is 15.5. The molecular weight excluding hydrogens is 204 g/mol. The third-order valence-electron chi connectivity index (χ3n) is 3.05. The molecule has 0 bridgehead atoms. The molecule has 100 valence electrons. The van der Waals surface area contributed by atoms with Crippen LogP contribution >= 0.6 is 0 Å². The molecule has 0 aromatic heterocycles. The van der Waals surface area contributed by atoms with Gasteiger partial charge in [-0.2, -0.15) is 0 Å². The van der Waals surface area contributed by atoms with Crippen LogP contribution in [-0.4, -0.2) is 0 Å². The van der Waals surface area contributed by atoms with Gasteiger partial charge in [-0.3, -0.25) is 0 Å². The van der Waals surface area contributed by atoms with Crippen molar-refractivity contribution >= 4 is 0 Å². The number of hydrogen-bond donors (Lipinski definition) is 0. The zero-order valence-corrected chi connectivity index (χ0v) is 12.1. The Labute approximate surface area is 109 Å². The fraction of sp³-hybridized carbons (Fsp3) is 0.765. The molecule has 0 radical (unpaired) electrons. The van der Waals surface area contributed by atoms with Crippen LogP contribution in [0.5, 0.6) is 0 Å². The first-order chi connectivity index (χ1) is 8.41. The van der Waals surface area contributed by atoms with Gasteiger partial charge >= 0.3 is 0 Å². The normalized spacial score (nSPS) is 11.9. The summed E-state index contributed by atoms with van der Waals surface area (Å²) in [5, 5.41) is 0. The Morgan fingerprint density at radius 1 is 0.529 bits per heavy atom. The smallest absolute Gasteiger partial charge is 0.0169 e. The molecule has 0 rings (SSSR count). The molecule has 17 heavy (non-hydrogen) atoms. The van der Waals surface area contributed by atoms with Crippen molar-refractivity contribution in [1.29, 1.82) is 0 Å². The Balaban J connectivity index is 3.13. The maximum atomic E-state index is 2.35. The highest BCUT2D eigenvalue weighted by Gasteiger charge is 1.86. The maximum Gasteiger partial charge on any atom is -0.0169 e. The van der Waals surface area contributed by atoms with Gasteiger partial charge in [-0.15, -0.1) is 0 Å². The van der Waals surface area contributed by atoms with Crippen LogP contribution in [0.2, 0.25) is 0 Å². The van der Waals surface area contributed by atoms with Gasteiger partial charge in [0.05, 0.1) is 0 Å². The van der Waals surface area contributed by atoms with Gasteiger partial charge in [-0.1, -0.05) is 76.7 Å². The fourth-order valence-corrected chi connectivity index (χ4v) is 1.88. The van der Waals surface area contributed by atoms with E-state index in [-0.39, 0.29) is 0 Å². The van der Waals surface area contributed by atoms with Gasteiger partial charge in [0.2, 0.25) is 0 Å². The van der Waals surface area contributed by atoms with Crippen molar-refractivity contribution < 1.29 is 0 Å². The minimum Gasteiger partial charge on any atom is -0.0882 e. The van der Waals surface area contributed by atoms with Gasteiger partial charge in [0.25, 0.3) is 0 Å². The van der Waals surface area contributed by atoms with Gasteiger partial charge < -0.3 is 0 Å². The summed E-state index contributed by atoms with van der Waals surface area (Å²) >= 11 is 0. The monoisotopic (exact) mass is 236 g/mol. The molecule has 0 unspecified atom stereocenters. The average molecular weight is 236 g/mol. The Morgan fingerprint density at radius 3 is 1.59 bits per heavy atom. The summed E-state index contributed by atoms with van der Waals surface area (Å²) in [5.41, 5.74) is 0. The van der Waals surface area contributed by atoms with Crippen molar-refractivity contribution in [2.45, 2.75) is 84.5 Å². The molecule has 0 aliphatic rings. The molecule has 0 aromatic carbocycles. The van der Waals surface area contributed by atoms with Crippen LogP contribution in [0.1, 0.15) is 84.5 Å². The van der Waals surface area contributed by atoms with Crippen LogP contribution < -0.4 is 0 Å². The lowest BCUT2D eigenvalue weighted by atomic mass is 10.1. The van der Waals surface area contributed by atoms with Crippen molar-refractivity contribution in [1.82, 2.24) is 0 Å². The van der Waals surface area contributed by atoms with Crippen molar-refractivity contribution in [3.8, 4) is 0 Å². The first-order valence-electron chi connectivity index (χ1n) is 7.71. The molecule has 0 nitrogen and oxygen atoms in total. The summed E-state index contributed by atoms with van der Waals surface area (Å²) in [6, 6.07) is 0. The minimum atomic E-state index is 1.13. The van der Waals surface area contributed by atoms with Crippen LogP contribution in [0, 0.1) is 0 Å². The van der Waals surface area contributed by atoms with E-state index in [9.17, 15) is 0 Å². The second-order valence-corrected chi connectivity index (χ2v) is 4.88. The topological polar surface area (TPSA) is 0 Å². The van der Waals surface area contributed by atoms with Crippen LogP contribution in [0.4, 0.5) is 0 Å². The first-order valence-corrected chi connectivity index (χ1v) is 7.71. The zero-order valence-electron chi connectivity index (χ0n) is 12.1. The lowest BCUT2D eigenvalue weighted by Crippen LogP contribution is -1.75. The van der Waals surface area contributed by atoms with E-state index in [0.717, 1.165) is 6.42 Å². The zero-order chi connectivity index (χ0) is 12.6. The van der Waals surface area contributed by atoms with E-state index < -0.39 is 0 Å². The third kappa shape index (κ3) is 15.5. The van der Waals surface area contributed by atoms with Gasteiger partial charge in [-0.05, 0) is 32.1 Å². The SMILES string of the molecule is CCCCC/C=C\C/C=C\CCCCCCC. The van der Waals surface area contributed by atoms with Gasteiger partial charge in [0.15, 0.2) is 0 Å². The summed E-state index contributed by atoms with van der Waals surface area (Å²) in [7, 11) is 0. The third-order valence-corrected chi connectivity index (χ3v) is 3.05. The lowest BCUT2D eigenvalue weighted by Gasteiger charge is -1.95. The Morgan fingerprint density at radius 2 is 1.00 bits per heavy atom. The quantitative estimate of drug-likeness (QED) is 0.270. The van der Waals surface area contributed by atoms with Gasteiger partial charge in [0, 0.05) is 0 Å². The molecular formula is C17H32. The molecule has 0 aliphatic heterocycles. The average Bonchev–Trinajstić information content (AvgIpc) is 2.35. The molecule has 0 aromatic rings. The molecule has 0 heterocycles. The standard InChI is InChI=1S/C17H32/c1-3-5-7-9-11-13-15-17-16-14-12-10-8-6-4-2/h11,13,16-17H,3-10,12,14-15H2,1-2H3/b13-11-,17-16-. The van der Waals surface area contributed by atoms with Crippen molar-refractivity contribution in [2.75, 3.05) is 0 Å². The van der Waals surface area contributed by atoms with E-state index in [1.165, 1.54) is 64.2 Å². The van der Waals surface area contributed by atoms with E-state index in [2.05, 4.69) is 38.2 Å². The number of allylic oxidation sites excluding steroid dienone is 4. The largest absolute Gasteiger partial charge is 0.0882 e. The molecule has 0 spiro atoms. The highest BCUT2D eigenvalue weighted by Crippen LogP contribution is 2.06. The fourth-order valence-electron chi connectivity index (χ4n) is 1.88. The molecule has 0 N–H and O–H groups in total. The molecule has 0 atom stereocenters.